The number of hydrogen-bond acceptors (Lipinski definition) is 2. The molecule has 0 amide bonds. The second-order valence-electron chi connectivity index (χ2n) is 5.23. The molecule has 0 atom stereocenters. The topological polar surface area (TPSA) is 26.0 Å². The van der Waals surface area contributed by atoms with Crippen LogP contribution in [0.4, 0.5) is 0 Å². The van der Waals surface area contributed by atoms with Crippen molar-refractivity contribution in [1.82, 2.24) is 0 Å². The fourth-order valence-corrected chi connectivity index (χ4v) is 3.77. The van der Waals surface area contributed by atoms with E-state index in [2.05, 4.69) is 17.5 Å². The van der Waals surface area contributed by atoms with Crippen molar-refractivity contribution < 1.29 is 0 Å². The Morgan fingerprint density at radius 2 is 1.81 bits per heavy atom. The van der Waals surface area contributed by atoms with E-state index < -0.39 is 0 Å². The highest BCUT2D eigenvalue weighted by Crippen LogP contribution is 2.37. The maximum absolute atomic E-state index is 6.08. The molecule has 1 saturated carbocycles. The minimum atomic E-state index is 0.408. The van der Waals surface area contributed by atoms with Crippen LogP contribution in [-0.2, 0) is 6.42 Å². The van der Waals surface area contributed by atoms with Crippen molar-refractivity contribution in [2.24, 2.45) is 11.1 Å². The van der Waals surface area contributed by atoms with E-state index in [0.29, 0.717) is 5.41 Å². The van der Waals surface area contributed by atoms with E-state index >= 15 is 0 Å². The summed E-state index contributed by atoms with van der Waals surface area (Å²) in [6.07, 6.45) is 10.9. The fraction of sp³-hybridized carbons (Fsp3) is 0.714. The summed E-state index contributed by atoms with van der Waals surface area (Å²) in [5, 5.41) is 2.18. The summed E-state index contributed by atoms with van der Waals surface area (Å²) in [7, 11) is 0. The van der Waals surface area contributed by atoms with E-state index in [1.54, 1.807) is 0 Å². The van der Waals surface area contributed by atoms with E-state index in [0.717, 1.165) is 6.54 Å². The average Bonchev–Trinajstić information content (AvgIpc) is 2.75. The highest BCUT2D eigenvalue weighted by atomic mass is 32.1. The molecule has 0 bridgehead atoms. The fourth-order valence-electron chi connectivity index (χ4n) is 2.89. The van der Waals surface area contributed by atoms with Gasteiger partial charge in [0.25, 0.3) is 0 Å². The molecule has 0 aromatic carbocycles. The van der Waals surface area contributed by atoms with Crippen molar-refractivity contribution in [2.75, 3.05) is 6.54 Å². The molecule has 0 aliphatic heterocycles. The van der Waals surface area contributed by atoms with Crippen molar-refractivity contribution >= 4 is 11.3 Å². The Morgan fingerprint density at radius 1 is 1.12 bits per heavy atom. The first-order chi connectivity index (χ1) is 7.85. The van der Waals surface area contributed by atoms with Gasteiger partial charge in [0.2, 0.25) is 0 Å². The van der Waals surface area contributed by atoms with Gasteiger partial charge in [-0.2, -0.15) is 0 Å². The molecule has 0 unspecified atom stereocenters. The number of hydrogen-bond donors (Lipinski definition) is 1. The number of nitrogens with two attached hydrogens (primary N) is 1. The third-order valence-corrected chi connectivity index (χ3v) is 4.85. The van der Waals surface area contributed by atoms with Crippen molar-refractivity contribution in [2.45, 2.75) is 51.4 Å². The molecule has 2 heteroatoms. The van der Waals surface area contributed by atoms with E-state index in [1.165, 1.54) is 56.2 Å². The van der Waals surface area contributed by atoms with Gasteiger partial charge in [-0.15, -0.1) is 11.3 Å². The largest absolute Gasteiger partial charge is 0.330 e. The summed E-state index contributed by atoms with van der Waals surface area (Å²) in [5.74, 6) is 0. The van der Waals surface area contributed by atoms with Gasteiger partial charge in [-0.3, -0.25) is 0 Å². The molecule has 1 nitrogen and oxygen atoms in total. The van der Waals surface area contributed by atoms with Crippen molar-refractivity contribution in [3.8, 4) is 0 Å². The van der Waals surface area contributed by atoms with Gasteiger partial charge in [-0.1, -0.05) is 38.2 Å². The molecule has 90 valence electrons. The monoisotopic (exact) mass is 237 g/mol. The Hall–Kier alpha value is -0.340. The van der Waals surface area contributed by atoms with Crippen LogP contribution in [0.2, 0.25) is 0 Å². The third-order valence-electron chi connectivity index (χ3n) is 3.98. The molecule has 2 N–H and O–H groups in total. The maximum Gasteiger partial charge on any atom is 0.00512 e. The van der Waals surface area contributed by atoms with Crippen molar-refractivity contribution in [3.05, 3.63) is 22.4 Å². The van der Waals surface area contributed by atoms with Gasteiger partial charge < -0.3 is 5.73 Å². The third kappa shape index (κ3) is 3.08. The minimum absolute atomic E-state index is 0.408. The lowest BCUT2D eigenvalue weighted by molar-refractivity contribution is 0.218. The van der Waals surface area contributed by atoms with Crippen LogP contribution in [0.15, 0.2) is 17.5 Å². The smallest absolute Gasteiger partial charge is 0.00512 e. The SMILES string of the molecule is NCC1(Cc2cccs2)CCCCCCC1. The van der Waals surface area contributed by atoms with Crippen molar-refractivity contribution in [1.29, 1.82) is 0 Å². The summed E-state index contributed by atoms with van der Waals surface area (Å²) in [6, 6.07) is 4.42. The van der Waals surface area contributed by atoms with Crippen LogP contribution >= 0.6 is 11.3 Å². The van der Waals surface area contributed by atoms with E-state index in [9.17, 15) is 0 Å². The Balaban J connectivity index is 2.03. The summed E-state index contributed by atoms with van der Waals surface area (Å²) in [4.78, 5) is 1.52. The predicted molar refractivity (Wildman–Crippen MR) is 71.8 cm³/mol. The van der Waals surface area contributed by atoms with E-state index in [-0.39, 0.29) is 0 Å². The molecule has 2 rings (SSSR count). The zero-order chi connectivity index (χ0) is 11.3. The molecule has 0 spiro atoms. The van der Waals surface area contributed by atoms with Crippen LogP contribution in [0.5, 0.6) is 0 Å². The van der Waals surface area contributed by atoms with Gasteiger partial charge in [0, 0.05) is 4.88 Å². The molecule has 1 aliphatic rings. The average molecular weight is 237 g/mol. The second kappa shape index (κ2) is 5.83. The van der Waals surface area contributed by atoms with Crippen LogP contribution in [0.1, 0.15) is 49.8 Å². The van der Waals surface area contributed by atoms with Gasteiger partial charge in [-0.05, 0) is 42.7 Å². The van der Waals surface area contributed by atoms with E-state index in [4.69, 9.17) is 5.73 Å². The normalized spacial score (nSPS) is 21.3. The van der Waals surface area contributed by atoms with Gasteiger partial charge >= 0.3 is 0 Å². The Morgan fingerprint density at radius 3 is 2.38 bits per heavy atom. The molecule has 0 saturated heterocycles. The number of rotatable bonds is 3. The highest BCUT2D eigenvalue weighted by molar-refractivity contribution is 7.09. The quantitative estimate of drug-likeness (QED) is 0.845. The molecule has 1 heterocycles. The molecule has 1 aromatic heterocycles. The lowest BCUT2D eigenvalue weighted by Gasteiger charge is -2.34. The van der Waals surface area contributed by atoms with Crippen LogP contribution < -0.4 is 5.73 Å². The van der Waals surface area contributed by atoms with Gasteiger partial charge in [0.1, 0.15) is 0 Å². The standard InChI is InChI=1S/C14H23NS/c15-12-14(11-13-7-6-10-16-13)8-4-2-1-3-5-9-14/h6-7,10H,1-5,8-9,11-12,15H2. The first-order valence-corrected chi connectivity index (χ1v) is 7.45. The Bertz CT molecular complexity index is 284. The van der Waals surface area contributed by atoms with Crippen molar-refractivity contribution in [3.63, 3.8) is 0 Å². The first kappa shape index (κ1) is 12.1. The predicted octanol–water partition coefficient (Wildman–Crippen LogP) is 3.98. The first-order valence-electron chi connectivity index (χ1n) is 6.57. The maximum atomic E-state index is 6.08. The molecular weight excluding hydrogens is 214 g/mol. The van der Waals surface area contributed by atoms with E-state index in [1.807, 2.05) is 11.3 Å². The lowest BCUT2D eigenvalue weighted by atomic mass is 9.73. The molecule has 1 aromatic rings. The Kier molecular flexibility index (Phi) is 4.42. The van der Waals surface area contributed by atoms with Gasteiger partial charge in [-0.25, -0.2) is 0 Å². The summed E-state index contributed by atoms with van der Waals surface area (Å²) >= 11 is 1.89. The second-order valence-corrected chi connectivity index (χ2v) is 6.26. The molecule has 1 fully saturated rings. The van der Waals surface area contributed by atoms with Crippen LogP contribution in [0.3, 0.4) is 0 Å². The lowest BCUT2D eigenvalue weighted by Crippen LogP contribution is -2.33. The van der Waals surface area contributed by atoms with Gasteiger partial charge in [0.15, 0.2) is 0 Å². The molecule has 16 heavy (non-hydrogen) atoms. The minimum Gasteiger partial charge on any atom is -0.330 e. The Labute approximate surface area is 103 Å². The summed E-state index contributed by atoms with van der Waals surface area (Å²) in [6.45, 7) is 0.866. The number of thiophene rings is 1. The molecular formula is C14H23NS. The van der Waals surface area contributed by atoms with Crippen LogP contribution in [-0.4, -0.2) is 6.54 Å². The van der Waals surface area contributed by atoms with Crippen LogP contribution in [0.25, 0.3) is 0 Å². The highest BCUT2D eigenvalue weighted by Gasteiger charge is 2.29. The zero-order valence-electron chi connectivity index (χ0n) is 10.1. The van der Waals surface area contributed by atoms with Crippen LogP contribution in [0, 0.1) is 5.41 Å². The zero-order valence-corrected chi connectivity index (χ0v) is 10.9. The molecule has 0 radical (unpaired) electrons. The van der Waals surface area contributed by atoms with Gasteiger partial charge in [0.05, 0.1) is 0 Å². The summed E-state index contributed by atoms with van der Waals surface area (Å²) < 4.78 is 0. The summed E-state index contributed by atoms with van der Waals surface area (Å²) in [5.41, 5.74) is 6.49. The molecule has 1 aliphatic carbocycles.